The number of rotatable bonds is 7. The second-order valence-electron chi connectivity index (χ2n) is 8.96. The van der Waals surface area contributed by atoms with Crippen molar-refractivity contribution in [2.45, 2.75) is 92.1 Å². The Morgan fingerprint density at radius 1 is 0.885 bits per heavy atom. The molecule has 1 amide bonds. The summed E-state index contributed by atoms with van der Waals surface area (Å²) in [7, 11) is -3.98. The number of phosphoric ester groups is 1. The van der Waals surface area contributed by atoms with Crippen LogP contribution >= 0.6 is 7.82 Å². The third-order valence-corrected chi connectivity index (χ3v) is 4.36. The zero-order valence-corrected chi connectivity index (χ0v) is 18.5. The summed E-state index contributed by atoms with van der Waals surface area (Å²) >= 11 is 0. The Morgan fingerprint density at radius 3 is 1.62 bits per heavy atom. The molecule has 0 aliphatic heterocycles. The third kappa shape index (κ3) is 12.4. The largest absolute Gasteiger partial charge is 0.475 e. The van der Waals surface area contributed by atoms with Crippen LogP contribution in [0.5, 0.6) is 0 Å². The van der Waals surface area contributed by atoms with Gasteiger partial charge in [-0.25, -0.2) is 9.36 Å². The van der Waals surface area contributed by atoms with Gasteiger partial charge >= 0.3 is 13.9 Å². The molecule has 26 heavy (non-hydrogen) atoms. The van der Waals surface area contributed by atoms with Gasteiger partial charge in [-0.15, -0.1) is 0 Å². The Bertz CT molecular complexity index is 521. The second kappa shape index (κ2) is 8.83. The van der Waals surface area contributed by atoms with E-state index < -0.39 is 36.8 Å². The third-order valence-electron chi connectivity index (χ3n) is 2.35. The summed E-state index contributed by atoms with van der Waals surface area (Å²) in [6, 6.07) is -1.05. The second-order valence-corrected chi connectivity index (χ2v) is 10.5. The number of carbonyl (C=O) groups excluding carboxylic acids is 2. The van der Waals surface area contributed by atoms with Crippen LogP contribution in [0, 0.1) is 0 Å². The van der Waals surface area contributed by atoms with E-state index in [-0.39, 0.29) is 12.4 Å². The van der Waals surface area contributed by atoms with Gasteiger partial charge < -0.3 is 10.1 Å². The van der Waals surface area contributed by atoms with Crippen LogP contribution < -0.4 is 5.32 Å². The van der Waals surface area contributed by atoms with Crippen molar-refractivity contribution in [3.8, 4) is 0 Å². The summed E-state index contributed by atoms with van der Waals surface area (Å²) < 4.78 is 34.4. The number of amides is 1. The first-order chi connectivity index (χ1) is 11.3. The topological polar surface area (TPSA) is 100 Å². The number of hydrogen-bond acceptors (Lipinski definition) is 7. The van der Waals surface area contributed by atoms with E-state index in [0.717, 1.165) is 0 Å². The van der Waals surface area contributed by atoms with Gasteiger partial charge in [0.1, 0.15) is 11.6 Å². The molecule has 1 N–H and O–H groups in total. The Hall–Kier alpha value is -0.950. The number of hydrogen-bond donors (Lipinski definition) is 1. The van der Waals surface area contributed by atoms with Crippen LogP contribution in [0.25, 0.3) is 0 Å². The smallest absolute Gasteiger partial charge is 0.444 e. The van der Waals surface area contributed by atoms with Crippen molar-refractivity contribution in [3.63, 3.8) is 0 Å². The molecule has 9 heteroatoms. The number of ketones is 1. The van der Waals surface area contributed by atoms with E-state index in [1.807, 2.05) is 0 Å². The quantitative estimate of drug-likeness (QED) is 0.644. The Kier molecular flexibility index (Phi) is 8.50. The minimum absolute atomic E-state index is 0.377. The van der Waals surface area contributed by atoms with Gasteiger partial charge in [0.15, 0.2) is 5.78 Å². The highest BCUT2D eigenvalue weighted by Gasteiger charge is 2.38. The van der Waals surface area contributed by atoms with E-state index in [0.29, 0.717) is 0 Å². The van der Waals surface area contributed by atoms with Crippen molar-refractivity contribution >= 4 is 19.7 Å². The maximum absolute atomic E-state index is 13.0. The lowest BCUT2D eigenvalue weighted by atomic mass is 10.2. The summed E-state index contributed by atoms with van der Waals surface area (Å²) in [6.07, 6.45) is -0.774. The number of ether oxygens (including phenoxy) is 1. The van der Waals surface area contributed by atoms with E-state index in [9.17, 15) is 14.2 Å². The molecule has 0 aromatic heterocycles. The number of nitrogens with one attached hydrogen (secondary N) is 1. The van der Waals surface area contributed by atoms with Crippen molar-refractivity contribution in [3.05, 3.63) is 0 Å². The lowest BCUT2D eigenvalue weighted by Crippen LogP contribution is -2.45. The average molecular weight is 395 g/mol. The fourth-order valence-corrected chi connectivity index (χ4v) is 3.43. The predicted octanol–water partition coefficient (Wildman–Crippen LogP) is 4.22. The standard InChI is InChI=1S/C17H34NO7P/c1-12(19)13(18-14(20)23-15(2,3)4)11-22-26(21,24-16(5,6)7)25-17(8,9)10/h13H,11H2,1-10H3,(H,18,20)/t13-/m0/s1. The maximum Gasteiger partial charge on any atom is 0.475 e. The van der Waals surface area contributed by atoms with E-state index in [1.54, 1.807) is 62.3 Å². The summed E-state index contributed by atoms with van der Waals surface area (Å²) in [4.78, 5) is 23.7. The number of alkyl carbamates (subject to hydrolysis) is 1. The Labute approximate surface area is 156 Å². The minimum Gasteiger partial charge on any atom is -0.444 e. The van der Waals surface area contributed by atoms with Crippen LogP contribution in [0.1, 0.15) is 69.2 Å². The molecular weight excluding hydrogens is 361 g/mol. The molecule has 0 bridgehead atoms. The molecule has 0 saturated heterocycles. The SMILES string of the molecule is CC(=O)[C@H](COP(=O)(OC(C)(C)C)OC(C)(C)C)NC(=O)OC(C)(C)C. The van der Waals surface area contributed by atoms with Gasteiger partial charge in [-0.2, -0.15) is 0 Å². The summed E-state index contributed by atoms with van der Waals surface area (Å²) in [5.74, 6) is -0.381. The van der Waals surface area contributed by atoms with Crippen LogP contribution in [0.15, 0.2) is 0 Å². The highest BCUT2D eigenvalue weighted by Crippen LogP contribution is 2.55. The number of Topliss-reactive ketones (excluding diaryl/α,β-unsaturated/α-hetero) is 1. The van der Waals surface area contributed by atoms with Gasteiger partial charge in [-0.3, -0.25) is 18.4 Å². The normalized spacial score (nSPS) is 14.7. The lowest BCUT2D eigenvalue weighted by Gasteiger charge is -2.31. The van der Waals surface area contributed by atoms with Crippen molar-refractivity contribution in [2.24, 2.45) is 0 Å². The van der Waals surface area contributed by atoms with Gasteiger partial charge in [0, 0.05) is 0 Å². The van der Waals surface area contributed by atoms with Crippen LogP contribution in [0.3, 0.4) is 0 Å². The molecule has 0 aliphatic rings. The molecule has 154 valence electrons. The molecule has 0 spiro atoms. The van der Waals surface area contributed by atoms with Gasteiger partial charge in [0.2, 0.25) is 0 Å². The van der Waals surface area contributed by atoms with Gasteiger partial charge in [-0.05, 0) is 69.2 Å². The molecule has 0 fully saturated rings. The van der Waals surface area contributed by atoms with Gasteiger partial charge in [0.05, 0.1) is 17.8 Å². The molecule has 0 aromatic carbocycles. The van der Waals surface area contributed by atoms with Crippen LogP contribution in [-0.2, 0) is 27.7 Å². The lowest BCUT2D eigenvalue weighted by molar-refractivity contribution is -0.119. The zero-order chi connectivity index (χ0) is 21.0. The van der Waals surface area contributed by atoms with Gasteiger partial charge in [0.25, 0.3) is 0 Å². The van der Waals surface area contributed by atoms with Crippen molar-refractivity contribution in [2.75, 3.05) is 6.61 Å². The molecule has 8 nitrogen and oxygen atoms in total. The Morgan fingerprint density at radius 2 is 1.31 bits per heavy atom. The minimum atomic E-state index is -3.98. The average Bonchev–Trinajstić information content (AvgIpc) is 2.26. The maximum atomic E-state index is 13.0. The number of phosphoric acid groups is 1. The molecule has 0 radical (unpaired) electrons. The predicted molar refractivity (Wildman–Crippen MR) is 99.1 cm³/mol. The Balaban J connectivity index is 5.16. The molecule has 0 aliphatic carbocycles. The summed E-state index contributed by atoms with van der Waals surface area (Å²) in [6.45, 7) is 16.2. The molecule has 0 aromatic rings. The molecular formula is C17H34NO7P. The molecule has 0 rings (SSSR count). The summed E-state index contributed by atoms with van der Waals surface area (Å²) in [5, 5.41) is 2.40. The highest BCUT2D eigenvalue weighted by molar-refractivity contribution is 7.48. The van der Waals surface area contributed by atoms with E-state index in [1.165, 1.54) is 6.92 Å². The van der Waals surface area contributed by atoms with Crippen molar-refractivity contribution in [1.82, 2.24) is 5.32 Å². The van der Waals surface area contributed by atoms with E-state index in [4.69, 9.17) is 18.3 Å². The molecule has 0 saturated carbocycles. The summed E-state index contributed by atoms with van der Waals surface area (Å²) in [5.41, 5.74) is -2.32. The highest BCUT2D eigenvalue weighted by atomic mass is 31.2. The van der Waals surface area contributed by atoms with Gasteiger partial charge in [-0.1, -0.05) is 0 Å². The molecule has 1 atom stereocenters. The molecule has 0 unspecified atom stereocenters. The van der Waals surface area contributed by atoms with E-state index >= 15 is 0 Å². The first-order valence-electron chi connectivity index (χ1n) is 8.48. The van der Waals surface area contributed by atoms with Crippen molar-refractivity contribution in [1.29, 1.82) is 0 Å². The fraction of sp³-hybridized carbons (Fsp3) is 0.882. The van der Waals surface area contributed by atoms with Crippen LogP contribution in [0.4, 0.5) is 4.79 Å². The van der Waals surface area contributed by atoms with Crippen LogP contribution in [-0.4, -0.2) is 41.3 Å². The van der Waals surface area contributed by atoms with Crippen molar-refractivity contribution < 1.29 is 32.5 Å². The zero-order valence-electron chi connectivity index (χ0n) is 17.6. The first-order valence-corrected chi connectivity index (χ1v) is 9.94. The monoisotopic (exact) mass is 395 g/mol. The van der Waals surface area contributed by atoms with E-state index in [2.05, 4.69) is 5.32 Å². The first kappa shape index (κ1) is 25.1. The fourth-order valence-electron chi connectivity index (χ4n) is 1.62. The number of carbonyl (C=O) groups is 2. The molecule has 0 heterocycles. The van der Waals surface area contributed by atoms with Crippen LogP contribution in [0.2, 0.25) is 0 Å².